The lowest BCUT2D eigenvalue weighted by atomic mass is 10.0. The van der Waals surface area contributed by atoms with E-state index in [1.54, 1.807) is 19.2 Å². The highest BCUT2D eigenvalue weighted by Gasteiger charge is 2.18. The first-order valence-corrected chi connectivity index (χ1v) is 8.86. The van der Waals surface area contributed by atoms with Crippen LogP contribution < -0.4 is 14.8 Å². The van der Waals surface area contributed by atoms with E-state index in [1.807, 2.05) is 36.4 Å². The maximum atomic E-state index is 12.6. The SMILES string of the molecule is COc1ccc(NC(=O)c2ccc(OC)c([N+](=O)[O-])c2)cc1Cc1ccccc1. The van der Waals surface area contributed by atoms with Crippen LogP contribution >= 0.6 is 0 Å². The van der Waals surface area contributed by atoms with Gasteiger partial charge in [-0.15, -0.1) is 0 Å². The molecule has 3 rings (SSSR count). The van der Waals surface area contributed by atoms with Crippen LogP contribution in [0.3, 0.4) is 0 Å². The topological polar surface area (TPSA) is 90.7 Å². The van der Waals surface area contributed by atoms with Crippen LogP contribution in [0.1, 0.15) is 21.5 Å². The Labute approximate surface area is 168 Å². The molecule has 0 radical (unpaired) electrons. The molecule has 0 atom stereocenters. The third kappa shape index (κ3) is 4.70. The molecule has 0 spiro atoms. The van der Waals surface area contributed by atoms with Gasteiger partial charge in [0.05, 0.1) is 19.1 Å². The zero-order valence-corrected chi connectivity index (χ0v) is 16.0. The highest BCUT2D eigenvalue weighted by atomic mass is 16.6. The first-order valence-electron chi connectivity index (χ1n) is 8.86. The highest BCUT2D eigenvalue weighted by Crippen LogP contribution is 2.29. The van der Waals surface area contributed by atoms with Crippen LogP contribution in [-0.4, -0.2) is 25.1 Å². The summed E-state index contributed by atoms with van der Waals surface area (Å²) in [6, 6.07) is 19.3. The lowest BCUT2D eigenvalue weighted by Gasteiger charge is -2.12. The lowest BCUT2D eigenvalue weighted by Crippen LogP contribution is -2.12. The number of nitro benzene ring substituents is 1. The first kappa shape index (κ1) is 19.9. The third-order valence-corrected chi connectivity index (χ3v) is 4.41. The van der Waals surface area contributed by atoms with Gasteiger partial charge < -0.3 is 14.8 Å². The van der Waals surface area contributed by atoms with Crippen molar-refractivity contribution in [2.45, 2.75) is 6.42 Å². The van der Waals surface area contributed by atoms with Gasteiger partial charge in [0.25, 0.3) is 5.91 Å². The number of hydrogen-bond acceptors (Lipinski definition) is 5. The van der Waals surface area contributed by atoms with Gasteiger partial charge in [-0.25, -0.2) is 0 Å². The van der Waals surface area contributed by atoms with E-state index in [0.717, 1.165) is 11.1 Å². The van der Waals surface area contributed by atoms with Crippen molar-refractivity contribution < 1.29 is 19.2 Å². The summed E-state index contributed by atoms with van der Waals surface area (Å²) in [4.78, 5) is 23.2. The number of nitro groups is 1. The Bertz CT molecular complexity index is 1030. The van der Waals surface area contributed by atoms with Gasteiger partial charge in [0.2, 0.25) is 0 Å². The lowest BCUT2D eigenvalue weighted by molar-refractivity contribution is -0.385. The van der Waals surface area contributed by atoms with Gasteiger partial charge in [0.1, 0.15) is 5.75 Å². The van der Waals surface area contributed by atoms with Gasteiger partial charge in [-0.3, -0.25) is 14.9 Å². The second-order valence-electron chi connectivity index (χ2n) is 6.29. The summed E-state index contributed by atoms with van der Waals surface area (Å²) in [6.07, 6.45) is 0.641. The summed E-state index contributed by atoms with van der Waals surface area (Å²) in [6.45, 7) is 0. The summed E-state index contributed by atoms with van der Waals surface area (Å²) in [5.41, 5.74) is 2.50. The molecule has 7 heteroatoms. The van der Waals surface area contributed by atoms with Crippen LogP contribution in [0.5, 0.6) is 11.5 Å². The molecule has 7 nitrogen and oxygen atoms in total. The second-order valence-corrected chi connectivity index (χ2v) is 6.29. The van der Waals surface area contributed by atoms with Crippen molar-refractivity contribution in [2.24, 2.45) is 0 Å². The molecule has 1 amide bonds. The van der Waals surface area contributed by atoms with Gasteiger partial charge in [0.15, 0.2) is 5.75 Å². The van der Waals surface area contributed by atoms with Gasteiger partial charge in [-0.05, 0) is 35.9 Å². The minimum absolute atomic E-state index is 0.0983. The largest absolute Gasteiger partial charge is 0.496 e. The predicted molar refractivity (Wildman–Crippen MR) is 110 cm³/mol. The van der Waals surface area contributed by atoms with Gasteiger partial charge >= 0.3 is 5.69 Å². The molecule has 3 aromatic rings. The van der Waals surface area contributed by atoms with Crippen molar-refractivity contribution in [3.8, 4) is 11.5 Å². The van der Waals surface area contributed by atoms with Crippen LogP contribution in [0.15, 0.2) is 66.7 Å². The highest BCUT2D eigenvalue weighted by molar-refractivity contribution is 6.05. The molecule has 0 aliphatic heterocycles. The van der Waals surface area contributed by atoms with Gasteiger partial charge in [-0.1, -0.05) is 30.3 Å². The Hall–Kier alpha value is -3.87. The summed E-state index contributed by atoms with van der Waals surface area (Å²) in [5, 5.41) is 14.0. The minimum atomic E-state index is -0.582. The number of methoxy groups -OCH3 is 2. The molecule has 0 aliphatic rings. The monoisotopic (exact) mass is 392 g/mol. The van der Waals surface area contributed by atoms with E-state index >= 15 is 0 Å². The van der Waals surface area contributed by atoms with Crippen molar-refractivity contribution >= 4 is 17.3 Å². The molecule has 0 bridgehead atoms. The van der Waals surface area contributed by atoms with Crippen LogP contribution in [0.25, 0.3) is 0 Å². The molecular formula is C22H20N2O5. The number of amides is 1. The van der Waals surface area contributed by atoms with E-state index in [2.05, 4.69) is 5.32 Å². The standard InChI is InChI=1S/C22H20N2O5/c1-28-20-11-9-18(13-17(20)12-15-6-4-3-5-7-15)23-22(25)16-8-10-21(29-2)19(14-16)24(26)27/h3-11,13-14H,12H2,1-2H3,(H,23,25). The Morgan fingerprint density at radius 2 is 1.66 bits per heavy atom. The second kappa shape index (κ2) is 8.88. The number of rotatable bonds is 7. The number of carbonyl (C=O) groups is 1. The summed E-state index contributed by atoms with van der Waals surface area (Å²) in [7, 11) is 2.94. The molecule has 148 valence electrons. The van der Waals surface area contributed by atoms with Crippen LogP contribution in [-0.2, 0) is 6.42 Å². The molecule has 0 heterocycles. The third-order valence-electron chi connectivity index (χ3n) is 4.41. The van der Waals surface area contributed by atoms with E-state index in [0.29, 0.717) is 17.9 Å². The van der Waals surface area contributed by atoms with Crippen LogP contribution in [0.4, 0.5) is 11.4 Å². The summed E-state index contributed by atoms with van der Waals surface area (Å²) in [5.74, 6) is 0.361. The first-order chi connectivity index (χ1) is 14.0. The number of ether oxygens (including phenoxy) is 2. The molecule has 29 heavy (non-hydrogen) atoms. The maximum absolute atomic E-state index is 12.6. The summed E-state index contributed by atoms with van der Waals surface area (Å²) >= 11 is 0. The quantitative estimate of drug-likeness (QED) is 0.474. The van der Waals surface area contributed by atoms with Crippen molar-refractivity contribution in [1.29, 1.82) is 0 Å². The number of benzene rings is 3. The summed E-state index contributed by atoms with van der Waals surface area (Å²) < 4.78 is 10.4. The Morgan fingerprint density at radius 1 is 0.966 bits per heavy atom. The van der Waals surface area contributed by atoms with E-state index in [-0.39, 0.29) is 17.0 Å². The smallest absolute Gasteiger partial charge is 0.311 e. The Morgan fingerprint density at radius 3 is 2.31 bits per heavy atom. The number of hydrogen-bond donors (Lipinski definition) is 1. The number of nitrogens with one attached hydrogen (secondary N) is 1. The van der Waals surface area contributed by atoms with Crippen molar-refractivity contribution in [2.75, 3.05) is 19.5 Å². The van der Waals surface area contributed by atoms with Crippen LogP contribution in [0, 0.1) is 10.1 Å². The fourth-order valence-corrected chi connectivity index (χ4v) is 2.99. The molecule has 0 unspecified atom stereocenters. The molecule has 0 aliphatic carbocycles. The Kier molecular flexibility index (Phi) is 6.09. The van der Waals surface area contributed by atoms with Crippen molar-refractivity contribution in [1.82, 2.24) is 0 Å². The molecule has 1 N–H and O–H groups in total. The number of carbonyl (C=O) groups excluding carboxylic acids is 1. The Balaban J connectivity index is 1.84. The fourth-order valence-electron chi connectivity index (χ4n) is 2.99. The molecular weight excluding hydrogens is 372 g/mol. The molecule has 0 fully saturated rings. The van der Waals surface area contributed by atoms with E-state index in [1.165, 1.54) is 25.3 Å². The van der Waals surface area contributed by atoms with E-state index < -0.39 is 10.8 Å². The zero-order chi connectivity index (χ0) is 20.8. The minimum Gasteiger partial charge on any atom is -0.496 e. The predicted octanol–water partition coefficient (Wildman–Crippen LogP) is 4.46. The zero-order valence-electron chi connectivity index (χ0n) is 16.0. The molecule has 3 aromatic carbocycles. The van der Waals surface area contributed by atoms with Gasteiger partial charge in [0, 0.05) is 29.3 Å². The average Bonchev–Trinajstić information content (AvgIpc) is 2.74. The van der Waals surface area contributed by atoms with Crippen molar-refractivity contribution in [3.05, 3.63) is 93.5 Å². The molecule has 0 aromatic heterocycles. The number of anilines is 1. The molecule has 0 saturated carbocycles. The van der Waals surface area contributed by atoms with Crippen molar-refractivity contribution in [3.63, 3.8) is 0 Å². The van der Waals surface area contributed by atoms with E-state index in [9.17, 15) is 14.9 Å². The van der Waals surface area contributed by atoms with Crippen LogP contribution in [0.2, 0.25) is 0 Å². The maximum Gasteiger partial charge on any atom is 0.311 e. The van der Waals surface area contributed by atoms with E-state index in [4.69, 9.17) is 9.47 Å². The fraction of sp³-hybridized carbons (Fsp3) is 0.136. The number of nitrogens with zero attached hydrogens (tertiary/aromatic N) is 1. The molecule has 0 saturated heterocycles. The average molecular weight is 392 g/mol. The van der Waals surface area contributed by atoms with Gasteiger partial charge in [-0.2, -0.15) is 0 Å². The normalized spacial score (nSPS) is 10.3.